The Balaban J connectivity index is 2.39. The van der Waals surface area contributed by atoms with Gasteiger partial charge in [0.25, 0.3) is 0 Å². The summed E-state index contributed by atoms with van der Waals surface area (Å²) >= 11 is 0. The highest BCUT2D eigenvalue weighted by atomic mass is 16.5. The van der Waals surface area contributed by atoms with E-state index >= 15 is 0 Å². The number of carbonyl (C=O) groups is 2. The van der Waals surface area contributed by atoms with Crippen LogP contribution in [0, 0.1) is 11.8 Å². The molecule has 1 aliphatic heterocycles. The first kappa shape index (κ1) is 14.8. The van der Waals surface area contributed by atoms with Crippen molar-refractivity contribution >= 4 is 12.0 Å². The minimum atomic E-state index is -0.825. The topological polar surface area (TPSA) is 78.9 Å². The minimum Gasteiger partial charge on any atom is -0.481 e. The molecule has 2 amide bonds. The number of ether oxygens (including phenoxy) is 1. The lowest BCUT2D eigenvalue weighted by Crippen LogP contribution is -2.50. The van der Waals surface area contributed by atoms with E-state index in [1.54, 1.807) is 4.90 Å². The van der Waals surface area contributed by atoms with Crippen molar-refractivity contribution in [3.05, 3.63) is 0 Å². The van der Waals surface area contributed by atoms with Crippen LogP contribution >= 0.6 is 0 Å². The SMILES string of the molecule is CCOCCNC(=O)N1CC(C)CC(C(=O)O)C1. The number of urea groups is 1. The Bertz CT molecular complexity index is 296. The van der Waals surface area contributed by atoms with E-state index in [4.69, 9.17) is 9.84 Å². The fourth-order valence-electron chi connectivity index (χ4n) is 2.18. The van der Waals surface area contributed by atoms with Crippen LogP contribution in [0.15, 0.2) is 0 Å². The maximum absolute atomic E-state index is 11.8. The van der Waals surface area contributed by atoms with Crippen molar-refractivity contribution < 1.29 is 19.4 Å². The zero-order chi connectivity index (χ0) is 13.5. The summed E-state index contributed by atoms with van der Waals surface area (Å²) in [6.07, 6.45) is 0.637. The van der Waals surface area contributed by atoms with Gasteiger partial charge in [-0.25, -0.2) is 4.79 Å². The van der Waals surface area contributed by atoms with Gasteiger partial charge in [0.15, 0.2) is 0 Å². The van der Waals surface area contributed by atoms with Crippen molar-refractivity contribution in [1.29, 1.82) is 0 Å². The van der Waals surface area contributed by atoms with E-state index in [1.165, 1.54) is 0 Å². The molecule has 6 heteroatoms. The summed E-state index contributed by atoms with van der Waals surface area (Å²) in [5, 5.41) is 11.8. The number of carbonyl (C=O) groups excluding carboxylic acids is 1. The van der Waals surface area contributed by atoms with E-state index in [9.17, 15) is 9.59 Å². The third-order valence-corrected chi connectivity index (χ3v) is 3.02. The molecule has 0 spiro atoms. The number of hydrogen-bond acceptors (Lipinski definition) is 3. The summed E-state index contributed by atoms with van der Waals surface area (Å²) < 4.78 is 5.12. The van der Waals surface area contributed by atoms with E-state index in [1.807, 2.05) is 13.8 Å². The van der Waals surface area contributed by atoms with Crippen LogP contribution in [0.3, 0.4) is 0 Å². The number of rotatable bonds is 5. The van der Waals surface area contributed by atoms with E-state index in [0.29, 0.717) is 39.3 Å². The molecule has 6 nitrogen and oxygen atoms in total. The predicted octanol–water partition coefficient (Wildman–Crippen LogP) is 0.775. The molecule has 2 unspecified atom stereocenters. The Labute approximate surface area is 107 Å². The van der Waals surface area contributed by atoms with Crippen molar-refractivity contribution in [1.82, 2.24) is 10.2 Å². The lowest BCUT2D eigenvalue weighted by molar-refractivity contribution is -0.143. The Hall–Kier alpha value is -1.30. The minimum absolute atomic E-state index is 0.201. The second-order valence-corrected chi connectivity index (χ2v) is 4.71. The molecule has 0 aromatic carbocycles. The van der Waals surface area contributed by atoms with Gasteiger partial charge in [0, 0.05) is 26.2 Å². The molecule has 18 heavy (non-hydrogen) atoms. The van der Waals surface area contributed by atoms with Gasteiger partial charge in [0.05, 0.1) is 12.5 Å². The maximum atomic E-state index is 11.8. The first-order valence-electron chi connectivity index (χ1n) is 6.37. The lowest BCUT2D eigenvalue weighted by atomic mass is 9.91. The van der Waals surface area contributed by atoms with Crippen molar-refractivity contribution in [2.75, 3.05) is 32.8 Å². The number of amides is 2. The third-order valence-electron chi connectivity index (χ3n) is 3.02. The van der Waals surface area contributed by atoms with Crippen LogP contribution < -0.4 is 5.32 Å². The molecule has 1 fully saturated rings. The first-order valence-corrected chi connectivity index (χ1v) is 6.37. The molecule has 0 saturated carbocycles. The van der Waals surface area contributed by atoms with Crippen LogP contribution in [-0.2, 0) is 9.53 Å². The Morgan fingerprint density at radius 3 is 2.78 bits per heavy atom. The van der Waals surface area contributed by atoms with Gasteiger partial charge < -0.3 is 20.1 Å². The molecule has 2 N–H and O–H groups in total. The van der Waals surface area contributed by atoms with Gasteiger partial charge in [0.2, 0.25) is 0 Å². The standard InChI is InChI=1S/C12H22N2O4/c1-3-18-5-4-13-12(17)14-7-9(2)6-10(8-14)11(15)16/h9-10H,3-8H2,1-2H3,(H,13,17)(H,15,16). The zero-order valence-corrected chi connectivity index (χ0v) is 11.0. The summed E-state index contributed by atoms with van der Waals surface area (Å²) in [7, 11) is 0. The van der Waals surface area contributed by atoms with E-state index in [0.717, 1.165) is 0 Å². The molecule has 104 valence electrons. The summed E-state index contributed by atoms with van der Waals surface area (Å²) in [5.41, 5.74) is 0. The maximum Gasteiger partial charge on any atom is 0.317 e. The molecule has 0 aliphatic carbocycles. The first-order chi connectivity index (χ1) is 8.54. The highest BCUT2D eigenvalue weighted by Crippen LogP contribution is 2.21. The van der Waals surface area contributed by atoms with Gasteiger partial charge in [-0.3, -0.25) is 4.79 Å². The second-order valence-electron chi connectivity index (χ2n) is 4.71. The van der Waals surface area contributed by atoms with Crippen molar-refractivity contribution in [2.24, 2.45) is 11.8 Å². The fourth-order valence-corrected chi connectivity index (χ4v) is 2.18. The highest BCUT2D eigenvalue weighted by molar-refractivity contribution is 5.76. The molecule has 1 heterocycles. The number of nitrogens with zero attached hydrogens (tertiary/aromatic N) is 1. The number of nitrogens with one attached hydrogen (secondary N) is 1. The summed E-state index contributed by atoms with van der Waals surface area (Å²) in [4.78, 5) is 24.4. The van der Waals surface area contributed by atoms with Gasteiger partial charge in [-0.05, 0) is 19.3 Å². The summed E-state index contributed by atoms with van der Waals surface area (Å²) in [6.45, 7) is 6.33. The summed E-state index contributed by atoms with van der Waals surface area (Å²) in [6, 6.07) is -0.201. The Kier molecular flexibility index (Phi) is 5.91. The van der Waals surface area contributed by atoms with Gasteiger partial charge in [-0.15, -0.1) is 0 Å². The molecule has 0 radical (unpaired) electrons. The van der Waals surface area contributed by atoms with Crippen LogP contribution in [0.4, 0.5) is 4.79 Å². The molecule has 0 aromatic rings. The predicted molar refractivity (Wildman–Crippen MR) is 66.4 cm³/mol. The zero-order valence-electron chi connectivity index (χ0n) is 11.0. The Morgan fingerprint density at radius 2 is 2.17 bits per heavy atom. The van der Waals surface area contributed by atoms with Gasteiger partial charge in [-0.2, -0.15) is 0 Å². The number of piperidine rings is 1. The molecular weight excluding hydrogens is 236 g/mol. The summed E-state index contributed by atoms with van der Waals surface area (Å²) in [5.74, 6) is -1.06. The van der Waals surface area contributed by atoms with Crippen molar-refractivity contribution in [3.8, 4) is 0 Å². The molecular formula is C12H22N2O4. The highest BCUT2D eigenvalue weighted by Gasteiger charge is 2.31. The molecule has 2 atom stereocenters. The van der Waals surface area contributed by atoms with Crippen LogP contribution in [0.5, 0.6) is 0 Å². The normalized spacial score (nSPS) is 23.8. The lowest BCUT2D eigenvalue weighted by Gasteiger charge is -2.34. The monoisotopic (exact) mass is 258 g/mol. The molecule has 1 rings (SSSR count). The van der Waals surface area contributed by atoms with Gasteiger partial charge >= 0.3 is 12.0 Å². The number of hydrogen-bond donors (Lipinski definition) is 2. The third kappa shape index (κ3) is 4.52. The van der Waals surface area contributed by atoms with E-state index in [2.05, 4.69) is 5.32 Å². The van der Waals surface area contributed by atoms with Crippen molar-refractivity contribution in [3.63, 3.8) is 0 Å². The average Bonchev–Trinajstić information content (AvgIpc) is 2.33. The molecule has 0 aromatic heterocycles. The second kappa shape index (κ2) is 7.20. The van der Waals surface area contributed by atoms with E-state index < -0.39 is 11.9 Å². The largest absolute Gasteiger partial charge is 0.481 e. The molecule has 0 bridgehead atoms. The number of carboxylic acids is 1. The van der Waals surface area contributed by atoms with E-state index in [-0.39, 0.29) is 11.9 Å². The molecule has 1 aliphatic rings. The Morgan fingerprint density at radius 1 is 1.44 bits per heavy atom. The fraction of sp³-hybridized carbons (Fsp3) is 0.833. The van der Waals surface area contributed by atoms with Crippen LogP contribution in [0.2, 0.25) is 0 Å². The quantitative estimate of drug-likeness (QED) is 0.714. The van der Waals surface area contributed by atoms with Gasteiger partial charge in [-0.1, -0.05) is 6.92 Å². The number of carboxylic acid groups (broad SMARTS) is 1. The number of aliphatic carboxylic acids is 1. The smallest absolute Gasteiger partial charge is 0.317 e. The van der Waals surface area contributed by atoms with Crippen molar-refractivity contribution in [2.45, 2.75) is 20.3 Å². The van der Waals surface area contributed by atoms with Crippen LogP contribution in [-0.4, -0.2) is 54.9 Å². The molecule has 1 saturated heterocycles. The van der Waals surface area contributed by atoms with Crippen LogP contribution in [0.1, 0.15) is 20.3 Å². The number of likely N-dealkylation sites (tertiary alicyclic amines) is 1. The average molecular weight is 258 g/mol. The van der Waals surface area contributed by atoms with Gasteiger partial charge in [0.1, 0.15) is 0 Å². The van der Waals surface area contributed by atoms with Crippen LogP contribution in [0.25, 0.3) is 0 Å².